The van der Waals surface area contributed by atoms with E-state index >= 15 is 0 Å². The molecule has 0 saturated carbocycles. The number of rotatable bonds is 12. The fraction of sp³-hybridized carbons (Fsp3) is 0.481. The first-order chi connectivity index (χ1) is 19.9. The van der Waals surface area contributed by atoms with Crippen molar-refractivity contribution in [2.24, 2.45) is 5.73 Å². The van der Waals surface area contributed by atoms with Crippen LogP contribution in [0.2, 0.25) is 0 Å². The van der Waals surface area contributed by atoms with Gasteiger partial charge < -0.3 is 25.0 Å². The maximum atomic E-state index is 14.0. The highest BCUT2D eigenvalue weighted by atomic mass is 32.2. The van der Waals surface area contributed by atoms with Crippen molar-refractivity contribution in [1.29, 1.82) is 0 Å². The van der Waals surface area contributed by atoms with Crippen molar-refractivity contribution in [2.45, 2.75) is 45.7 Å². The van der Waals surface area contributed by atoms with Crippen LogP contribution < -0.4 is 20.3 Å². The summed E-state index contributed by atoms with van der Waals surface area (Å²) in [6.45, 7) is 4.40. The largest absolute Gasteiger partial charge is 0.493 e. The molecule has 3 heterocycles. The van der Waals surface area contributed by atoms with Gasteiger partial charge in [-0.25, -0.2) is 22.3 Å². The summed E-state index contributed by atoms with van der Waals surface area (Å²) in [5.41, 5.74) is 4.71. The Labute approximate surface area is 242 Å². The van der Waals surface area contributed by atoms with E-state index in [9.17, 15) is 32.3 Å². The standard InChI is InChI=1S/C27H35FN6O7S/c1-5-32-14-16(2)34-21-20(23(41-4)22(34)26(32)36)25(35)33(15-17-9-10-18(28)13-19(17)27(37)38)30-24(21)31(3)42(39,40)12-8-6-7-11-29/h9-10,13,16H,5-8,11-12,14-15,29H2,1-4H3,(H,37,38)/t16-/m0/s1. The number of aromatic nitrogens is 3. The number of benzene rings is 1. The van der Waals surface area contributed by atoms with Crippen molar-refractivity contribution in [3.63, 3.8) is 0 Å². The molecular weight excluding hydrogens is 571 g/mol. The van der Waals surface area contributed by atoms with Crippen LogP contribution in [-0.4, -0.2) is 84.2 Å². The zero-order valence-corrected chi connectivity index (χ0v) is 24.8. The minimum absolute atomic E-state index is 0.0336. The Kier molecular flexibility index (Phi) is 8.92. The number of hydrogen-bond acceptors (Lipinski definition) is 8. The van der Waals surface area contributed by atoms with Crippen molar-refractivity contribution in [1.82, 2.24) is 19.2 Å². The average Bonchev–Trinajstić information content (AvgIpc) is 3.31. The first-order valence-electron chi connectivity index (χ1n) is 13.6. The molecule has 3 aromatic rings. The highest BCUT2D eigenvalue weighted by Crippen LogP contribution is 2.41. The third kappa shape index (κ3) is 5.45. The average molecular weight is 607 g/mol. The van der Waals surface area contributed by atoms with E-state index in [2.05, 4.69) is 5.10 Å². The SMILES string of the molecule is CCN1C[C@H](C)n2c(c(OC)c3c(=O)n(Cc4ccc(F)cc4C(=O)O)nc(N(C)S(=O)(=O)CCCCCN)c32)C1=O. The molecule has 0 fully saturated rings. The second kappa shape index (κ2) is 12.1. The molecular formula is C27H35FN6O7S. The molecule has 0 unspecified atom stereocenters. The van der Waals surface area contributed by atoms with E-state index < -0.39 is 33.9 Å². The van der Waals surface area contributed by atoms with E-state index in [1.54, 1.807) is 9.47 Å². The number of aromatic carboxylic acids is 1. The Bertz CT molecular complexity index is 1700. The molecule has 4 rings (SSSR count). The molecule has 42 heavy (non-hydrogen) atoms. The summed E-state index contributed by atoms with van der Waals surface area (Å²) in [6, 6.07) is 2.75. The second-order valence-corrected chi connectivity index (χ2v) is 12.3. The molecule has 3 N–H and O–H groups in total. The lowest BCUT2D eigenvalue weighted by Crippen LogP contribution is -2.42. The Morgan fingerprint density at radius 1 is 1.26 bits per heavy atom. The number of carbonyl (C=O) groups excluding carboxylic acids is 1. The van der Waals surface area contributed by atoms with Gasteiger partial charge in [-0.1, -0.05) is 12.5 Å². The number of amides is 1. The number of sulfonamides is 1. The molecule has 0 bridgehead atoms. The van der Waals surface area contributed by atoms with E-state index in [1.165, 1.54) is 20.2 Å². The number of nitrogens with zero attached hydrogens (tertiary/aromatic N) is 5. The van der Waals surface area contributed by atoms with Crippen LogP contribution in [0.15, 0.2) is 23.0 Å². The zero-order chi connectivity index (χ0) is 30.9. The van der Waals surface area contributed by atoms with Crippen LogP contribution in [0.5, 0.6) is 5.75 Å². The molecule has 0 aliphatic carbocycles. The Hall–Kier alpha value is -3.98. The second-order valence-electron chi connectivity index (χ2n) is 10.2. The molecule has 2 aromatic heterocycles. The predicted octanol–water partition coefficient (Wildman–Crippen LogP) is 2.02. The molecule has 1 atom stereocenters. The van der Waals surface area contributed by atoms with Crippen molar-refractivity contribution < 1.29 is 32.2 Å². The van der Waals surface area contributed by atoms with Gasteiger partial charge in [0.1, 0.15) is 16.7 Å². The predicted molar refractivity (Wildman–Crippen MR) is 154 cm³/mol. The summed E-state index contributed by atoms with van der Waals surface area (Å²) in [6.07, 6.45) is 1.61. The number of halogens is 1. The minimum atomic E-state index is -3.96. The summed E-state index contributed by atoms with van der Waals surface area (Å²) >= 11 is 0. The van der Waals surface area contributed by atoms with Gasteiger partial charge in [0.25, 0.3) is 11.5 Å². The molecule has 0 saturated heterocycles. The van der Waals surface area contributed by atoms with Crippen molar-refractivity contribution in [2.75, 3.05) is 43.8 Å². The van der Waals surface area contributed by atoms with Crippen LogP contribution in [0.4, 0.5) is 10.2 Å². The van der Waals surface area contributed by atoms with Gasteiger partial charge in [-0.3, -0.25) is 13.9 Å². The molecule has 1 aliphatic heterocycles. The van der Waals surface area contributed by atoms with Gasteiger partial charge in [-0.2, -0.15) is 0 Å². The fourth-order valence-corrected chi connectivity index (χ4v) is 6.54. The Morgan fingerprint density at radius 3 is 2.60 bits per heavy atom. The summed E-state index contributed by atoms with van der Waals surface area (Å²) < 4.78 is 50.0. The number of nitrogens with two attached hydrogens (primary N) is 1. The Balaban J connectivity index is 2.02. The van der Waals surface area contributed by atoms with Gasteiger partial charge in [0.15, 0.2) is 17.3 Å². The number of carbonyl (C=O) groups is 2. The number of fused-ring (bicyclic) bond motifs is 3. The zero-order valence-electron chi connectivity index (χ0n) is 24.0. The smallest absolute Gasteiger partial charge is 0.336 e. The fourth-order valence-electron chi connectivity index (χ4n) is 5.31. The first kappa shape index (κ1) is 31.0. The third-order valence-electron chi connectivity index (χ3n) is 7.48. The maximum absolute atomic E-state index is 14.0. The molecule has 0 radical (unpaired) electrons. The van der Waals surface area contributed by atoms with Crippen LogP contribution in [0.3, 0.4) is 0 Å². The topological polar surface area (TPSA) is 170 Å². The number of hydrogen-bond donors (Lipinski definition) is 2. The lowest BCUT2D eigenvalue weighted by molar-refractivity contribution is 0.0680. The first-order valence-corrected chi connectivity index (χ1v) is 15.2. The maximum Gasteiger partial charge on any atom is 0.336 e. The lowest BCUT2D eigenvalue weighted by Gasteiger charge is -2.33. The van der Waals surface area contributed by atoms with Crippen molar-refractivity contribution in [3.05, 3.63) is 51.2 Å². The minimum Gasteiger partial charge on any atom is -0.493 e. The van der Waals surface area contributed by atoms with Crippen molar-refractivity contribution >= 4 is 38.6 Å². The van der Waals surface area contributed by atoms with E-state index in [1.807, 2.05) is 13.8 Å². The van der Waals surface area contributed by atoms with Crippen LogP contribution in [0, 0.1) is 5.82 Å². The lowest BCUT2D eigenvalue weighted by atomic mass is 10.1. The Morgan fingerprint density at radius 2 is 1.98 bits per heavy atom. The molecule has 1 amide bonds. The summed E-state index contributed by atoms with van der Waals surface area (Å²) in [5.74, 6) is -2.95. The summed E-state index contributed by atoms with van der Waals surface area (Å²) in [5, 5.41) is 14.0. The number of anilines is 1. The van der Waals surface area contributed by atoms with E-state index in [-0.39, 0.29) is 57.0 Å². The highest BCUT2D eigenvalue weighted by molar-refractivity contribution is 7.92. The van der Waals surface area contributed by atoms with Gasteiger partial charge in [-0.05, 0) is 50.9 Å². The number of unbranched alkanes of at least 4 members (excludes halogenated alkanes) is 2. The van der Waals surface area contributed by atoms with E-state index in [0.29, 0.717) is 38.9 Å². The van der Waals surface area contributed by atoms with Gasteiger partial charge in [0.05, 0.1) is 25.0 Å². The molecule has 13 nitrogen and oxygen atoms in total. The summed E-state index contributed by atoms with van der Waals surface area (Å²) in [7, 11) is -1.34. The van der Waals surface area contributed by atoms with Gasteiger partial charge in [0.2, 0.25) is 10.0 Å². The van der Waals surface area contributed by atoms with Crippen molar-refractivity contribution in [3.8, 4) is 5.75 Å². The molecule has 228 valence electrons. The number of carboxylic acids is 1. The van der Waals surface area contributed by atoms with Crippen LogP contribution in [0.1, 0.15) is 65.6 Å². The number of likely N-dealkylation sites (N-methyl/N-ethyl adjacent to an activating group) is 1. The third-order valence-corrected chi connectivity index (χ3v) is 9.29. The van der Waals surface area contributed by atoms with Crippen LogP contribution >= 0.6 is 0 Å². The number of carboxylic acid groups (broad SMARTS) is 1. The molecule has 1 aliphatic rings. The van der Waals surface area contributed by atoms with E-state index in [0.717, 1.165) is 21.1 Å². The highest BCUT2D eigenvalue weighted by Gasteiger charge is 2.39. The number of ether oxygens (including phenoxy) is 1. The quantitative estimate of drug-likeness (QED) is 0.293. The van der Waals surface area contributed by atoms with Gasteiger partial charge in [-0.15, -0.1) is 5.10 Å². The van der Waals surface area contributed by atoms with Gasteiger partial charge >= 0.3 is 5.97 Å². The molecule has 1 aromatic carbocycles. The van der Waals surface area contributed by atoms with Crippen LogP contribution in [-0.2, 0) is 16.6 Å². The monoisotopic (exact) mass is 606 g/mol. The number of methoxy groups -OCH3 is 1. The van der Waals surface area contributed by atoms with E-state index in [4.69, 9.17) is 10.5 Å². The summed E-state index contributed by atoms with van der Waals surface area (Å²) in [4.78, 5) is 41.0. The van der Waals surface area contributed by atoms with Gasteiger partial charge in [0, 0.05) is 26.2 Å². The normalized spacial score (nSPS) is 15.2. The van der Waals surface area contributed by atoms with Crippen LogP contribution in [0.25, 0.3) is 10.9 Å². The molecule has 0 spiro atoms. The molecule has 15 heteroatoms.